The molecule has 0 aliphatic heterocycles. The lowest BCUT2D eigenvalue weighted by Crippen LogP contribution is -2.02. The Labute approximate surface area is 134 Å². The number of halogens is 3. The quantitative estimate of drug-likeness (QED) is 0.687. The Balaban J connectivity index is 1.85. The molecule has 22 heavy (non-hydrogen) atoms. The average molecular weight is 339 g/mol. The molecule has 0 fully saturated rings. The number of hydrogen-bond acceptors (Lipinski definition) is 3. The Morgan fingerprint density at radius 3 is 2.68 bits per heavy atom. The van der Waals surface area contributed by atoms with Gasteiger partial charge in [-0.05, 0) is 24.3 Å². The van der Waals surface area contributed by atoms with Gasteiger partial charge < -0.3 is 9.15 Å². The predicted molar refractivity (Wildman–Crippen MR) is 83.2 cm³/mol. The van der Waals surface area contributed by atoms with Gasteiger partial charge in [0.2, 0.25) is 5.43 Å². The maximum absolute atomic E-state index is 13.0. The second-order valence-corrected chi connectivity index (χ2v) is 5.41. The van der Waals surface area contributed by atoms with E-state index in [1.165, 1.54) is 18.4 Å². The van der Waals surface area contributed by atoms with Gasteiger partial charge in [0.15, 0.2) is 0 Å². The third-order valence-corrected chi connectivity index (χ3v) is 3.73. The molecule has 0 atom stereocenters. The van der Waals surface area contributed by atoms with Crippen LogP contribution in [0.2, 0.25) is 10.0 Å². The Bertz CT molecular complexity index is 906. The lowest BCUT2D eigenvalue weighted by Gasteiger charge is -2.08. The van der Waals surface area contributed by atoms with Crippen molar-refractivity contribution in [2.75, 3.05) is 0 Å². The van der Waals surface area contributed by atoms with E-state index in [0.717, 1.165) is 0 Å². The van der Waals surface area contributed by atoms with Gasteiger partial charge in [-0.3, -0.25) is 4.79 Å². The highest BCUT2D eigenvalue weighted by Crippen LogP contribution is 2.23. The number of benzene rings is 2. The molecule has 3 nitrogen and oxygen atoms in total. The lowest BCUT2D eigenvalue weighted by molar-refractivity contribution is 0.306. The highest BCUT2D eigenvalue weighted by Gasteiger charge is 2.08. The van der Waals surface area contributed by atoms with Gasteiger partial charge in [-0.1, -0.05) is 29.3 Å². The molecule has 0 unspecified atom stereocenters. The summed E-state index contributed by atoms with van der Waals surface area (Å²) in [5, 5.41) is 0.693. The summed E-state index contributed by atoms with van der Waals surface area (Å²) in [6.07, 6.45) is 1.19. The van der Waals surface area contributed by atoms with E-state index < -0.39 is 5.82 Å². The van der Waals surface area contributed by atoms with Crippen molar-refractivity contribution in [1.82, 2.24) is 0 Å². The molecule has 0 aliphatic rings. The molecule has 3 rings (SSSR count). The lowest BCUT2D eigenvalue weighted by atomic mass is 10.2. The summed E-state index contributed by atoms with van der Waals surface area (Å²) in [5.41, 5.74) is 0.730. The Morgan fingerprint density at radius 2 is 1.91 bits per heavy atom. The third kappa shape index (κ3) is 2.93. The van der Waals surface area contributed by atoms with E-state index in [-0.39, 0.29) is 17.1 Å². The topological polar surface area (TPSA) is 39.4 Å². The van der Waals surface area contributed by atoms with Crippen LogP contribution in [0.25, 0.3) is 11.0 Å². The molecule has 2 aromatic carbocycles. The molecule has 0 amide bonds. The van der Waals surface area contributed by atoms with Crippen LogP contribution in [0.3, 0.4) is 0 Å². The van der Waals surface area contributed by atoms with Crippen LogP contribution in [-0.4, -0.2) is 0 Å². The van der Waals surface area contributed by atoms with Crippen LogP contribution in [-0.2, 0) is 6.61 Å². The zero-order valence-corrected chi connectivity index (χ0v) is 12.6. The molecule has 0 saturated carbocycles. The van der Waals surface area contributed by atoms with Crippen LogP contribution in [0, 0.1) is 5.82 Å². The second-order valence-electron chi connectivity index (χ2n) is 4.60. The molecular weight excluding hydrogens is 330 g/mol. The van der Waals surface area contributed by atoms with Gasteiger partial charge in [0, 0.05) is 11.6 Å². The molecule has 3 aromatic rings. The molecule has 0 bridgehead atoms. The van der Waals surface area contributed by atoms with Crippen molar-refractivity contribution in [3.8, 4) is 5.75 Å². The van der Waals surface area contributed by atoms with E-state index in [9.17, 15) is 9.18 Å². The van der Waals surface area contributed by atoms with E-state index >= 15 is 0 Å². The fraction of sp³-hybridized carbons (Fsp3) is 0.0625. The van der Waals surface area contributed by atoms with Gasteiger partial charge in [-0.2, -0.15) is 0 Å². The molecule has 0 spiro atoms. The fourth-order valence-electron chi connectivity index (χ4n) is 1.97. The van der Waals surface area contributed by atoms with Gasteiger partial charge in [0.05, 0.1) is 10.4 Å². The van der Waals surface area contributed by atoms with Crippen molar-refractivity contribution in [3.63, 3.8) is 0 Å². The summed E-state index contributed by atoms with van der Waals surface area (Å²) in [6, 6.07) is 8.89. The van der Waals surface area contributed by atoms with Crippen LogP contribution in [0.4, 0.5) is 4.39 Å². The largest absolute Gasteiger partial charge is 0.489 e. The SMILES string of the molecule is O=c1c(Cl)coc2cc(OCc3ccc(F)cc3Cl)ccc12. The van der Waals surface area contributed by atoms with Crippen LogP contribution in [0.1, 0.15) is 5.56 Å². The van der Waals surface area contributed by atoms with Crippen molar-refractivity contribution in [1.29, 1.82) is 0 Å². The average Bonchev–Trinajstić information content (AvgIpc) is 2.50. The first-order chi connectivity index (χ1) is 10.5. The highest BCUT2D eigenvalue weighted by molar-refractivity contribution is 6.31. The summed E-state index contributed by atoms with van der Waals surface area (Å²) in [7, 11) is 0. The van der Waals surface area contributed by atoms with Crippen LogP contribution in [0.5, 0.6) is 5.75 Å². The molecular formula is C16H9Cl2FO3. The van der Waals surface area contributed by atoms with Gasteiger partial charge in [0.1, 0.15) is 35.0 Å². The van der Waals surface area contributed by atoms with E-state index in [1.54, 1.807) is 24.3 Å². The maximum atomic E-state index is 13.0. The van der Waals surface area contributed by atoms with Crippen molar-refractivity contribution in [2.45, 2.75) is 6.61 Å². The zero-order chi connectivity index (χ0) is 15.7. The van der Waals surface area contributed by atoms with Crippen molar-refractivity contribution >= 4 is 34.2 Å². The van der Waals surface area contributed by atoms with Gasteiger partial charge in [0.25, 0.3) is 0 Å². The Morgan fingerprint density at radius 1 is 1.09 bits per heavy atom. The fourth-order valence-corrected chi connectivity index (χ4v) is 2.34. The van der Waals surface area contributed by atoms with Crippen molar-refractivity contribution in [3.05, 3.63) is 74.3 Å². The smallest absolute Gasteiger partial charge is 0.211 e. The molecule has 1 heterocycles. The standard InChI is InChI=1S/C16H9Cl2FO3/c17-13-5-10(19)2-1-9(13)7-21-11-3-4-12-15(6-11)22-8-14(18)16(12)20/h1-6,8H,7H2. The van der Waals surface area contributed by atoms with Crippen molar-refractivity contribution < 1.29 is 13.5 Å². The minimum absolute atomic E-state index is 0.0271. The van der Waals surface area contributed by atoms with E-state index in [2.05, 4.69) is 0 Å². The first kappa shape index (κ1) is 14.9. The van der Waals surface area contributed by atoms with Gasteiger partial charge >= 0.3 is 0 Å². The maximum Gasteiger partial charge on any atom is 0.211 e. The number of rotatable bonds is 3. The molecule has 6 heteroatoms. The van der Waals surface area contributed by atoms with E-state index in [4.69, 9.17) is 32.4 Å². The van der Waals surface area contributed by atoms with Crippen LogP contribution < -0.4 is 10.2 Å². The molecule has 1 aromatic heterocycles. The molecule has 0 N–H and O–H groups in total. The predicted octanol–water partition coefficient (Wildman–Crippen LogP) is 4.82. The van der Waals surface area contributed by atoms with E-state index in [1.807, 2.05) is 0 Å². The van der Waals surface area contributed by atoms with Crippen LogP contribution in [0.15, 0.2) is 51.9 Å². The number of hydrogen-bond donors (Lipinski definition) is 0. The monoisotopic (exact) mass is 338 g/mol. The number of fused-ring (bicyclic) bond motifs is 1. The van der Waals surface area contributed by atoms with E-state index in [0.29, 0.717) is 27.3 Å². The first-order valence-electron chi connectivity index (χ1n) is 6.32. The first-order valence-corrected chi connectivity index (χ1v) is 7.08. The zero-order valence-electron chi connectivity index (χ0n) is 11.1. The molecule has 112 valence electrons. The summed E-state index contributed by atoms with van der Waals surface area (Å²) in [5.74, 6) is 0.0940. The Hall–Kier alpha value is -2.04. The minimum atomic E-state index is -0.405. The molecule has 0 aliphatic carbocycles. The minimum Gasteiger partial charge on any atom is -0.489 e. The summed E-state index contributed by atoms with van der Waals surface area (Å²) < 4.78 is 23.8. The Kier molecular flexibility index (Phi) is 4.05. The number of ether oxygens (including phenoxy) is 1. The second kappa shape index (κ2) is 5.99. The van der Waals surface area contributed by atoms with Gasteiger partial charge in [-0.25, -0.2) is 4.39 Å². The normalized spacial score (nSPS) is 10.9. The summed E-state index contributed by atoms with van der Waals surface area (Å²) >= 11 is 11.7. The molecule has 0 radical (unpaired) electrons. The summed E-state index contributed by atoms with van der Waals surface area (Å²) in [6.45, 7) is 0.169. The highest BCUT2D eigenvalue weighted by atomic mass is 35.5. The van der Waals surface area contributed by atoms with Crippen molar-refractivity contribution in [2.24, 2.45) is 0 Å². The third-order valence-electron chi connectivity index (χ3n) is 3.11. The summed E-state index contributed by atoms with van der Waals surface area (Å²) in [4.78, 5) is 11.8. The molecule has 0 saturated heterocycles. The van der Waals surface area contributed by atoms with Crippen LogP contribution >= 0.6 is 23.2 Å². The van der Waals surface area contributed by atoms with Gasteiger partial charge in [-0.15, -0.1) is 0 Å².